The predicted octanol–water partition coefficient (Wildman–Crippen LogP) is 0.785. The summed E-state index contributed by atoms with van der Waals surface area (Å²) in [5.74, 6) is 0. The van der Waals surface area contributed by atoms with Crippen LogP contribution in [0, 0.1) is 19.3 Å². The Kier molecular flexibility index (Phi) is 3.73. The summed E-state index contributed by atoms with van der Waals surface area (Å²) in [6, 6.07) is 0.0324. The molecule has 0 amide bonds. The van der Waals surface area contributed by atoms with Gasteiger partial charge in [-0.05, 0) is 25.7 Å². The molecule has 1 fully saturated rings. The van der Waals surface area contributed by atoms with Gasteiger partial charge in [-0.3, -0.25) is 4.68 Å². The number of nitrogens with zero attached hydrogens (tertiary/aromatic N) is 3. The molecule has 0 saturated carbocycles. The van der Waals surface area contributed by atoms with E-state index in [0.717, 1.165) is 0 Å². The van der Waals surface area contributed by atoms with Gasteiger partial charge in [0.25, 0.3) is 0 Å². The molecule has 1 aromatic heterocycles. The SMILES string of the molecule is Cc1nn(C)c(C)c1S(=O)(=O)N1CCC(N)C(C)(C)C1. The molecule has 1 aliphatic heterocycles. The van der Waals surface area contributed by atoms with Crippen molar-refractivity contribution in [2.75, 3.05) is 13.1 Å². The minimum absolute atomic E-state index is 0.0324. The summed E-state index contributed by atoms with van der Waals surface area (Å²) >= 11 is 0. The smallest absolute Gasteiger partial charge is 0.246 e. The Morgan fingerprint density at radius 2 is 1.95 bits per heavy atom. The van der Waals surface area contributed by atoms with Gasteiger partial charge in [-0.25, -0.2) is 8.42 Å². The van der Waals surface area contributed by atoms with Gasteiger partial charge in [-0.2, -0.15) is 9.40 Å². The molecule has 1 aliphatic rings. The van der Waals surface area contributed by atoms with Crippen LogP contribution in [0.5, 0.6) is 0 Å². The van der Waals surface area contributed by atoms with Crippen molar-refractivity contribution in [1.29, 1.82) is 0 Å². The Hall–Kier alpha value is -0.920. The monoisotopic (exact) mass is 300 g/mol. The number of hydrogen-bond donors (Lipinski definition) is 1. The first kappa shape index (κ1) is 15.5. The molecule has 20 heavy (non-hydrogen) atoms. The topological polar surface area (TPSA) is 81.2 Å². The summed E-state index contributed by atoms with van der Waals surface area (Å²) in [5.41, 5.74) is 7.10. The van der Waals surface area contributed by atoms with Crippen LogP contribution in [0.15, 0.2) is 4.90 Å². The molecule has 0 radical (unpaired) electrons. The van der Waals surface area contributed by atoms with Gasteiger partial charge < -0.3 is 5.73 Å². The van der Waals surface area contributed by atoms with Gasteiger partial charge in [-0.15, -0.1) is 0 Å². The predicted molar refractivity (Wildman–Crippen MR) is 77.8 cm³/mol. The Bertz CT molecular complexity index is 619. The van der Waals surface area contributed by atoms with Crippen LogP contribution in [0.1, 0.15) is 31.7 Å². The highest BCUT2D eigenvalue weighted by Crippen LogP contribution is 2.32. The summed E-state index contributed by atoms with van der Waals surface area (Å²) < 4.78 is 28.9. The summed E-state index contributed by atoms with van der Waals surface area (Å²) in [6.45, 7) is 8.48. The quantitative estimate of drug-likeness (QED) is 0.875. The number of aryl methyl sites for hydroxylation is 2. The summed E-state index contributed by atoms with van der Waals surface area (Å²) in [7, 11) is -1.74. The van der Waals surface area contributed by atoms with Crippen molar-refractivity contribution < 1.29 is 8.42 Å². The second kappa shape index (κ2) is 4.82. The van der Waals surface area contributed by atoms with Gasteiger partial charge in [0.2, 0.25) is 10.0 Å². The highest BCUT2D eigenvalue weighted by Gasteiger charge is 2.40. The van der Waals surface area contributed by atoms with Crippen LogP contribution in [-0.2, 0) is 17.1 Å². The molecule has 2 rings (SSSR count). The normalized spacial score (nSPS) is 24.0. The molecule has 0 aliphatic carbocycles. The van der Waals surface area contributed by atoms with E-state index in [1.165, 1.54) is 0 Å². The second-order valence-electron chi connectivity index (χ2n) is 6.35. The van der Waals surface area contributed by atoms with Gasteiger partial charge >= 0.3 is 0 Å². The van der Waals surface area contributed by atoms with Gasteiger partial charge in [0.1, 0.15) is 4.90 Å². The van der Waals surface area contributed by atoms with Crippen molar-refractivity contribution in [1.82, 2.24) is 14.1 Å². The number of piperidine rings is 1. The van der Waals surface area contributed by atoms with Crippen molar-refractivity contribution in [2.45, 2.75) is 45.1 Å². The lowest BCUT2D eigenvalue weighted by Gasteiger charge is -2.41. The van der Waals surface area contributed by atoms with Gasteiger partial charge in [0, 0.05) is 26.2 Å². The number of nitrogens with two attached hydrogens (primary N) is 1. The third-order valence-corrected chi connectivity index (χ3v) is 6.42. The van der Waals surface area contributed by atoms with Gasteiger partial charge in [0.15, 0.2) is 0 Å². The molecule has 1 aromatic rings. The van der Waals surface area contributed by atoms with E-state index >= 15 is 0 Å². The van der Waals surface area contributed by atoms with Crippen LogP contribution in [-0.4, -0.2) is 41.6 Å². The zero-order valence-corrected chi connectivity index (χ0v) is 13.7. The third kappa shape index (κ3) is 2.38. The highest BCUT2D eigenvalue weighted by molar-refractivity contribution is 7.89. The van der Waals surface area contributed by atoms with Crippen LogP contribution in [0.2, 0.25) is 0 Å². The molecule has 7 heteroatoms. The lowest BCUT2D eigenvalue weighted by Crippen LogP contribution is -2.53. The van der Waals surface area contributed by atoms with E-state index in [1.54, 1.807) is 29.9 Å². The molecule has 6 nitrogen and oxygen atoms in total. The Morgan fingerprint density at radius 3 is 2.40 bits per heavy atom. The van der Waals surface area contributed by atoms with Crippen LogP contribution in [0.4, 0.5) is 0 Å². The molecule has 0 bridgehead atoms. The van der Waals surface area contributed by atoms with E-state index < -0.39 is 10.0 Å². The summed E-state index contributed by atoms with van der Waals surface area (Å²) in [5, 5.41) is 4.21. The average molecular weight is 300 g/mol. The maximum absolute atomic E-state index is 12.9. The zero-order valence-electron chi connectivity index (χ0n) is 12.8. The lowest BCUT2D eigenvalue weighted by atomic mass is 9.81. The fraction of sp³-hybridized carbons (Fsp3) is 0.769. The largest absolute Gasteiger partial charge is 0.327 e. The van der Waals surface area contributed by atoms with E-state index in [2.05, 4.69) is 5.10 Å². The fourth-order valence-corrected chi connectivity index (χ4v) is 4.81. The standard InChI is InChI=1S/C13H24N4O2S/c1-9-12(10(2)16(5)15-9)20(18,19)17-7-6-11(14)13(3,4)8-17/h11H,6-8,14H2,1-5H3. The zero-order chi connectivity index (χ0) is 15.3. The minimum Gasteiger partial charge on any atom is -0.327 e. The first-order chi connectivity index (χ1) is 9.07. The van der Waals surface area contributed by atoms with Gasteiger partial charge in [-0.1, -0.05) is 13.8 Å². The van der Waals surface area contributed by atoms with Crippen molar-refractivity contribution in [2.24, 2.45) is 18.2 Å². The first-order valence-electron chi connectivity index (χ1n) is 6.83. The average Bonchev–Trinajstić information content (AvgIpc) is 2.57. The van der Waals surface area contributed by atoms with Crippen LogP contribution < -0.4 is 5.73 Å². The Balaban J connectivity index is 2.41. The Labute approximate surface area is 121 Å². The minimum atomic E-state index is -3.50. The highest BCUT2D eigenvalue weighted by atomic mass is 32.2. The summed E-state index contributed by atoms with van der Waals surface area (Å²) in [6.07, 6.45) is 0.685. The molecule has 114 valence electrons. The molecule has 1 atom stereocenters. The fourth-order valence-electron chi connectivity index (χ4n) is 2.79. The van der Waals surface area contributed by atoms with Gasteiger partial charge in [0.05, 0.1) is 11.4 Å². The molecule has 0 aromatic carbocycles. The van der Waals surface area contributed by atoms with E-state index in [9.17, 15) is 8.42 Å². The van der Waals surface area contributed by atoms with Crippen LogP contribution in [0.25, 0.3) is 0 Å². The van der Waals surface area contributed by atoms with E-state index in [0.29, 0.717) is 35.8 Å². The van der Waals surface area contributed by atoms with Crippen molar-refractivity contribution in [3.8, 4) is 0 Å². The van der Waals surface area contributed by atoms with Crippen molar-refractivity contribution >= 4 is 10.0 Å². The lowest BCUT2D eigenvalue weighted by molar-refractivity contribution is 0.155. The molecule has 1 saturated heterocycles. The van der Waals surface area contributed by atoms with E-state index in [4.69, 9.17) is 5.73 Å². The van der Waals surface area contributed by atoms with Crippen molar-refractivity contribution in [3.05, 3.63) is 11.4 Å². The molecule has 1 unspecified atom stereocenters. The Morgan fingerprint density at radius 1 is 1.35 bits per heavy atom. The molecular formula is C13H24N4O2S. The molecule has 2 N–H and O–H groups in total. The number of rotatable bonds is 2. The maximum Gasteiger partial charge on any atom is 0.246 e. The first-order valence-corrected chi connectivity index (χ1v) is 8.27. The van der Waals surface area contributed by atoms with Crippen LogP contribution >= 0.6 is 0 Å². The number of aromatic nitrogens is 2. The van der Waals surface area contributed by atoms with E-state index in [-0.39, 0.29) is 11.5 Å². The number of sulfonamides is 1. The maximum atomic E-state index is 12.9. The second-order valence-corrected chi connectivity index (χ2v) is 8.22. The number of hydrogen-bond acceptors (Lipinski definition) is 4. The third-order valence-electron chi connectivity index (χ3n) is 4.32. The van der Waals surface area contributed by atoms with E-state index in [1.807, 2.05) is 13.8 Å². The molecule has 0 spiro atoms. The molecular weight excluding hydrogens is 276 g/mol. The van der Waals surface area contributed by atoms with Crippen LogP contribution in [0.3, 0.4) is 0 Å². The summed E-state index contributed by atoms with van der Waals surface area (Å²) in [4.78, 5) is 0.339. The molecule has 2 heterocycles. The van der Waals surface area contributed by atoms with Crippen molar-refractivity contribution in [3.63, 3.8) is 0 Å².